The standard InChI is InChI=1S/C11H18BrNO2/c1-7(2)10(14-4)9(13-3)11-8(12)5-6-15-11/h5-7,9-10,13H,1-4H3. The Labute approximate surface area is 99.3 Å². The highest BCUT2D eigenvalue weighted by atomic mass is 79.9. The molecule has 3 nitrogen and oxygen atoms in total. The minimum atomic E-state index is 0.0689. The molecule has 86 valence electrons. The van der Waals surface area contributed by atoms with E-state index in [1.165, 1.54) is 0 Å². The summed E-state index contributed by atoms with van der Waals surface area (Å²) in [4.78, 5) is 0. The molecule has 0 spiro atoms. The van der Waals surface area contributed by atoms with E-state index in [4.69, 9.17) is 9.15 Å². The molecule has 1 heterocycles. The number of rotatable bonds is 5. The van der Waals surface area contributed by atoms with E-state index >= 15 is 0 Å². The summed E-state index contributed by atoms with van der Waals surface area (Å²) in [6, 6.07) is 1.96. The molecule has 0 saturated heterocycles. The minimum absolute atomic E-state index is 0.0689. The van der Waals surface area contributed by atoms with E-state index in [-0.39, 0.29) is 12.1 Å². The molecule has 1 rings (SSSR count). The van der Waals surface area contributed by atoms with Crippen LogP contribution >= 0.6 is 15.9 Å². The second-order valence-corrected chi connectivity index (χ2v) is 4.70. The third-order valence-corrected chi connectivity index (χ3v) is 3.15. The molecule has 0 aliphatic carbocycles. The first-order chi connectivity index (χ1) is 7.11. The van der Waals surface area contributed by atoms with Crippen molar-refractivity contribution in [1.82, 2.24) is 5.32 Å². The molecule has 0 fully saturated rings. The van der Waals surface area contributed by atoms with Crippen LogP contribution in [0.1, 0.15) is 25.6 Å². The average Bonchev–Trinajstić information content (AvgIpc) is 2.60. The predicted molar refractivity (Wildman–Crippen MR) is 63.8 cm³/mol. The smallest absolute Gasteiger partial charge is 0.137 e. The van der Waals surface area contributed by atoms with Crippen LogP contribution in [0.25, 0.3) is 0 Å². The van der Waals surface area contributed by atoms with Gasteiger partial charge in [-0.1, -0.05) is 13.8 Å². The predicted octanol–water partition coefficient (Wildman–Crippen LogP) is 2.97. The summed E-state index contributed by atoms with van der Waals surface area (Å²) >= 11 is 3.47. The van der Waals surface area contributed by atoms with Crippen molar-refractivity contribution in [3.63, 3.8) is 0 Å². The maximum absolute atomic E-state index is 5.50. The molecule has 0 saturated carbocycles. The van der Waals surface area contributed by atoms with Gasteiger partial charge in [0.15, 0.2) is 0 Å². The van der Waals surface area contributed by atoms with Gasteiger partial charge in [-0.05, 0) is 35.0 Å². The monoisotopic (exact) mass is 275 g/mol. The first-order valence-electron chi connectivity index (χ1n) is 5.04. The van der Waals surface area contributed by atoms with E-state index in [1.807, 2.05) is 13.1 Å². The van der Waals surface area contributed by atoms with Gasteiger partial charge in [-0.15, -0.1) is 0 Å². The Morgan fingerprint density at radius 1 is 1.47 bits per heavy atom. The zero-order chi connectivity index (χ0) is 11.4. The lowest BCUT2D eigenvalue weighted by Crippen LogP contribution is -2.34. The highest BCUT2D eigenvalue weighted by Crippen LogP contribution is 2.30. The van der Waals surface area contributed by atoms with Gasteiger partial charge in [-0.3, -0.25) is 0 Å². The zero-order valence-corrected chi connectivity index (χ0v) is 11.2. The molecule has 2 unspecified atom stereocenters. The van der Waals surface area contributed by atoms with Crippen LogP contribution in [0.3, 0.4) is 0 Å². The number of methoxy groups -OCH3 is 1. The van der Waals surface area contributed by atoms with E-state index in [2.05, 4.69) is 35.1 Å². The Bertz CT molecular complexity index is 299. The van der Waals surface area contributed by atoms with Crippen LogP contribution in [0.5, 0.6) is 0 Å². The summed E-state index contributed by atoms with van der Waals surface area (Å²) < 4.78 is 11.9. The van der Waals surface area contributed by atoms with Crippen LogP contribution in [0.2, 0.25) is 0 Å². The van der Waals surface area contributed by atoms with E-state index in [9.17, 15) is 0 Å². The minimum Gasteiger partial charge on any atom is -0.466 e. The van der Waals surface area contributed by atoms with Gasteiger partial charge in [0.2, 0.25) is 0 Å². The van der Waals surface area contributed by atoms with Crippen LogP contribution in [-0.4, -0.2) is 20.3 Å². The van der Waals surface area contributed by atoms with Gasteiger partial charge < -0.3 is 14.5 Å². The van der Waals surface area contributed by atoms with Crippen molar-refractivity contribution in [1.29, 1.82) is 0 Å². The fraction of sp³-hybridized carbons (Fsp3) is 0.636. The molecule has 1 aromatic heterocycles. The van der Waals surface area contributed by atoms with Crippen LogP contribution in [0.15, 0.2) is 21.2 Å². The van der Waals surface area contributed by atoms with Gasteiger partial charge in [0.25, 0.3) is 0 Å². The van der Waals surface area contributed by atoms with Gasteiger partial charge in [0.1, 0.15) is 5.76 Å². The topological polar surface area (TPSA) is 34.4 Å². The summed E-state index contributed by atoms with van der Waals surface area (Å²) in [6.45, 7) is 4.27. The molecule has 0 radical (unpaired) electrons. The highest BCUT2D eigenvalue weighted by molar-refractivity contribution is 9.10. The summed E-state index contributed by atoms with van der Waals surface area (Å²) in [5, 5.41) is 3.23. The summed E-state index contributed by atoms with van der Waals surface area (Å²) in [7, 11) is 3.64. The number of furan rings is 1. The Kier molecular flexibility index (Phi) is 4.83. The molecule has 0 bridgehead atoms. The van der Waals surface area contributed by atoms with E-state index < -0.39 is 0 Å². The van der Waals surface area contributed by atoms with Crippen molar-refractivity contribution in [3.8, 4) is 0 Å². The summed E-state index contributed by atoms with van der Waals surface area (Å²) in [5.74, 6) is 1.31. The number of likely N-dealkylation sites (N-methyl/N-ethyl adjacent to an activating group) is 1. The zero-order valence-electron chi connectivity index (χ0n) is 9.58. The van der Waals surface area contributed by atoms with Crippen LogP contribution < -0.4 is 5.32 Å². The number of halogens is 1. The van der Waals surface area contributed by atoms with Crippen molar-refractivity contribution in [2.75, 3.05) is 14.2 Å². The molecular formula is C11H18BrNO2. The van der Waals surface area contributed by atoms with Gasteiger partial charge in [0.05, 0.1) is 22.9 Å². The highest BCUT2D eigenvalue weighted by Gasteiger charge is 2.28. The summed E-state index contributed by atoms with van der Waals surface area (Å²) in [5.41, 5.74) is 0. The SMILES string of the molecule is CNC(c1occc1Br)C(OC)C(C)C. The largest absolute Gasteiger partial charge is 0.466 e. The quantitative estimate of drug-likeness (QED) is 0.897. The van der Waals surface area contributed by atoms with Crippen molar-refractivity contribution in [3.05, 3.63) is 22.6 Å². The Balaban J connectivity index is 2.92. The number of hydrogen-bond donors (Lipinski definition) is 1. The summed E-state index contributed by atoms with van der Waals surface area (Å²) in [6.07, 6.45) is 1.77. The van der Waals surface area contributed by atoms with Gasteiger partial charge >= 0.3 is 0 Å². The molecule has 4 heteroatoms. The maximum atomic E-state index is 5.50. The molecule has 1 N–H and O–H groups in total. The first kappa shape index (κ1) is 12.7. The molecule has 2 atom stereocenters. The van der Waals surface area contributed by atoms with Crippen molar-refractivity contribution in [2.45, 2.75) is 26.0 Å². The van der Waals surface area contributed by atoms with Crippen LogP contribution in [0.4, 0.5) is 0 Å². The van der Waals surface area contributed by atoms with E-state index in [0.29, 0.717) is 5.92 Å². The Morgan fingerprint density at radius 2 is 2.13 bits per heavy atom. The lowest BCUT2D eigenvalue weighted by atomic mass is 9.98. The van der Waals surface area contributed by atoms with Crippen molar-refractivity contribution >= 4 is 15.9 Å². The van der Waals surface area contributed by atoms with E-state index in [0.717, 1.165) is 10.2 Å². The Hall–Kier alpha value is -0.320. The Morgan fingerprint density at radius 3 is 2.47 bits per heavy atom. The van der Waals surface area contributed by atoms with E-state index in [1.54, 1.807) is 13.4 Å². The fourth-order valence-electron chi connectivity index (χ4n) is 1.77. The van der Waals surface area contributed by atoms with Crippen molar-refractivity contribution < 1.29 is 9.15 Å². The molecule has 1 aromatic rings. The molecule has 0 aromatic carbocycles. The number of hydrogen-bond acceptors (Lipinski definition) is 3. The fourth-order valence-corrected chi connectivity index (χ4v) is 2.21. The molecule has 0 aliphatic heterocycles. The number of nitrogens with one attached hydrogen (secondary N) is 1. The van der Waals surface area contributed by atoms with Gasteiger partial charge in [-0.2, -0.15) is 0 Å². The van der Waals surface area contributed by atoms with Crippen LogP contribution in [0, 0.1) is 5.92 Å². The third-order valence-electron chi connectivity index (χ3n) is 2.50. The van der Waals surface area contributed by atoms with Gasteiger partial charge in [-0.25, -0.2) is 0 Å². The average molecular weight is 276 g/mol. The van der Waals surface area contributed by atoms with Gasteiger partial charge in [0, 0.05) is 7.11 Å². The lowest BCUT2D eigenvalue weighted by molar-refractivity contribution is 0.0285. The van der Waals surface area contributed by atoms with Crippen molar-refractivity contribution in [2.24, 2.45) is 5.92 Å². The second-order valence-electron chi connectivity index (χ2n) is 3.84. The maximum Gasteiger partial charge on any atom is 0.137 e. The molecular weight excluding hydrogens is 258 g/mol. The molecule has 0 aliphatic rings. The lowest BCUT2D eigenvalue weighted by Gasteiger charge is -2.27. The first-order valence-corrected chi connectivity index (χ1v) is 5.84. The molecule has 0 amide bonds. The molecule has 15 heavy (non-hydrogen) atoms. The third kappa shape index (κ3) is 2.83. The number of ether oxygens (including phenoxy) is 1. The second kappa shape index (κ2) is 5.68. The van der Waals surface area contributed by atoms with Crippen LogP contribution in [-0.2, 0) is 4.74 Å². The normalized spacial score (nSPS) is 15.6.